The number of methoxy groups -OCH3 is 1. The zero-order valence-corrected chi connectivity index (χ0v) is 19.6. The number of phenolic OH excluding ortho intramolecular Hbond substituents is 1. The minimum atomic E-state index is -0.501. The number of alkyl carbamates (subject to hydrolysis) is 1. The van der Waals surface area contributed by atoms with E-state index >= 15 is 0 Å². The topological polar surface area (TPSA) is 104 Å². The normalized spacial score (nSPS) is 11.2. The maximum atomic E-state index is 11.6. The molecule has 0 aromatic heterocycles. The van der Waals surface area contributed by atoms with Crippen LogP contribution >= 0.6 is 24.0 Å². The van der Waals surface area contributed by atoms with Crippen molar-refractivity contribution >= 4 is 36.0 Å². The third kappa shape index (κ3) is 10.4. The summed E-state index contributed by atoms with van der Waals surface area (Å²) in [6.07, 6.45) is 0.296. The molecule has 0 spiro atoms. The molecule has 4 N–H and O–H groups in total. The maximum Gasteiger partial charge on any atom is 0.407 e. The van der Waals surface area contributed by atoms with Crippen LogP contribution < -0.4 is 20.7 Å². The minimum absolute atomic E-state index is 0. The molecule has 0 unspecified atom stereocenters. The summed E-state index contributed by atoms with van der Waals surface area (Å²) in [4.78, 5) is 16.0. The number of benzene rings is 1. The lowest BCUT2D eigenvalue weighted by Crippen LogP contribution is -2.39. The number of nitrogens with one attached hydrogen (secondary N) is 3. The molecule has 0 saturated carbocycles. The Morgan fingerprint density at radius 1 is 1.18 bits per heavy atom. The molecule has 8 nitrogen and oxygen atoms in total. The highest BCUT2D eigenvalue weighted by molar-refractivity contribution is 14.0. The molecule has 0 aliphatic heterocycles. The molecule has 0 saturated heterocycles. The van der Waals surface area contributed by atoms with Gasteiger partial charge < -0.3 is 30.5 Å². The summed E-state index contributed by atoms with van der Waals surface area (Å²) in [5.74, 6) is 1.16. The molecule has 0 aliphatic carbocycles. The summed E-state index contributed by atoms with van der Waals surface area (Å²) in [6.45, 7) is 9.61. The van der Waals surface area contributed by atoms with Gasteiger partial charge in [-0.25, -0.2) is 9.79 Å². The fourth-order valence-corrected chi connectivity index (χ4v) is 2.17. The van der Waals surface area contributed by atoms with Crippen molar-refractivity contribution in [2.75, 3.05) is 26.7 Å². The minimum Gasteiger partial charge on any atom is -0.504 e. The van der Waals surface area contributed by atoms with Gasteiger partial charge in [0.2, 0.25) is 0 Å². The van der Waals surface area contributed by atoms with E-state index in [4.69, 9.17) is 9.47 Å². The van der Waals surface area contributed by atoms with Gasteiger partial charge >= 0.3 is 6.09 Å². The molecule has 0 radical (unpaired) electrons. The number of amides is 1. The number of hydrogen-bond donors (Lipinski definition) is 4. The third-order valence-electron chi connectivity index (χ3n) is 3.37. The highest BCUT2D eigenvalue weighted by Gasteiger charge is 2.15. The molecule has 1 aromatic carbocycles. The lowest BCUT2D eigenvalue weighted by atomic mass is 10.2. The molecule has 0 fully saturated rings. The van der Waals surface area contributed by atoms with E-state index in [2.05, 4.69) is 20.9 Å². The second-order valence-corrected chi connectivity index (χ2v) is 6.87. The number of phenols is 1. The fraction of sp³-hybridized carbons (Fsp3) is 0.579. The molecule has 0 heterocycles. The van der Waals surface area contributed by atoms with E-state index in [1.54, 1.807) is 12.1 Å². The van der Waals surface area contributed by atoms with Crippen LogP contribution in [-0.4, -0.2) is 49.5 Å². The van der Waals surface area contributed by atoms with Crippen LogP contribution in [0.5, 0.6) is 11.5 Å². The van der Waals surface area contributed by atoms with Gasteiger partial charge in [0.1, 0.15) is 5.60 Å². The summed E-state index contributed by atoms with van der Waals surface area (Å²) in [6, 6.07) is 5.31. The standard InChI is InChI=1S/C19H32N4O4.HI/c1-6-20-17(21-11-8-12-22-18(25)27-19(2,3)4)23-13-14-9-7-10-15(26-5)16(14)24;/h7,9-10,24H,6,8,11-13H2,1-5H3,(H,22,25)(H2,20,21,23);1H. The monoisotopic (exact) mass is 508 g/mol. The fourth-order valence-electron chi connectivity index (χ4n) is 2.17. The van der Waals surface area contributed by atoms with E-state index in [0.29, 0.717) is 49.9 Å². The summed E-state index contributed by atoms with van der Waals surface area (Å²) < 4.78 is 10.3. The first-order valence-corrected chi connectivity index (χ1v) is 9.10. The zero-order valence-electron chi connectivity index (χ0n) is 17.3. The molecule has 0 atom stereocenters. The first-order valence-electron chi connectivity index (χ1n) is 9.10. The number of hydrogen-bond acceptors (Lipinski definition) is 5. The number of nitrogens with zero attached hydrogens (tertiary/aromatic N) is 1. The Morgan fingerprint density at radius 3 is 2.46 bits per heavy atom. The predicted molar refractivity (Wildman–Crippen MR) is 122 cm³/mol. The van der Waals surface area contributed by atoms with Crippen molar-refractivity contribution in [2.45, 2.75) is 46.3 Å². The second-order valence-electron chi connectivity index (χ2n) is 6.87. The van der Waals surface area contributed by atoms with Crippen molar-refractivity contribution in [1.29, 1.82) is 0 Å². The molecule has 1 aromatic rings. The van der Waals surface area contributed by atoms with Crippen molar-refractivity contribution < 1.29 is 19.4 Å². The third-order valence-corrected chi connectivity index (χ3v) is 3.37. The quantitative estimate of drug-likeness (QED) is 0.186. The molecule has 9 heteroatoms. The van der Waals surface area contributed by atoms with Gasteiger partial charge in [0, 0.05) is 25.2 Å². The molecular formula is C19H33IN4O4. The highest BCUT2D eigenvalue weighted by Crippen LogP contribution is 2.29. The highest BCUT2D eigenvalue weighted by atomic mass is 127. The van der Waals surface area contributed by atoms with Crippen molar-refractivity contribution in [3.05, 3.63) is 23.8 Å². The number of halogens is 1. The van der Waals surface area contributed by atoms with E-state index in [1.165, 1.54) is 7.11 Å². The number of guanidine groups is 1. The van der Waals surface area contributed by atoms with Crippen molar-refractivity contribution in [1.82, 2.24) is 16.0 Å². The number of aromatic hydroxyl groups is 1. The SMILES string of the molecule is CCNC(=NCc1cccc(OC)c1O)NCCCNC(=O)OC(C)(C)C.I. The van der Waals surface area contributed by atoms with Crippen LogP contribution in [0.4, 0.5) is 4.79 Å². The predicted octanol–water partition coefficient (Wildman–Crippen LogP) is 2.99. The number of ether oxygens (including phenoxy) is 2. The van der Waals surface area contributed by atoms with E-state index in [9.17, 15) is 9.90 Å². The molecule has 0 bridgehead atoms. The molecule has 28 heavy (non-hydrogen) atoms. The zero-order chi connectivity index (χ0) is 20.3. The summed E-state index contributed by atoms with van der Waals surface area (Å²) in [5.41, 5.74) is 0.178. The largest absolute Gasteiger partial charge is 0.504 e. The van der Waals surface area contributed by atoms with Gasteiger partial charge in [-0.2, -0.15) is 0 Å². The van der Waals surface area contributed by atoms with Gasteiger partial charge in [0.15, 0.2) is 17.5 Å². The van der Waals surface area contributed by atoms with Gasteiger partial charge in [-0.1, -0.05) is 12.1 Å². The van der Waals surface area contributed by atoms with Crippen LogP contribution in [0.1, 0.15) is 39.7 Å². The maximum absolute atomic E-state index is 11.6. The van der Waals surface area contributed by atoms with Gasteiger partial charge in [0.05, 0.1) is 13.7 Å². The number of aliphatic imine (C=N–C) groups is 1. The van der Waals surface area contributed by atoms with Gasteiger partial charge in [-0.3, -0.25) is 0 Å². The van der Waals surface area contributed by atoms with Crippen LogP contribution in [-0.2, 0) is 11.3 Å². The van der Waals surface area contributed by atoms with Crippen LogP contribution in [0.3, 0.4) is 0 Å². The second kappa shape index (κ2) is 13.3. The van der Waals surface area contributed by atoms with Crippen molar-refractivity contribution in [3.63, 3.8) is 0 Å². The summed E-state index contributed by atoms with van der Waals surface area (Å²) in [5, 5.41) is 19.2. The van der Waals surface area contributed by atoms with E-state index in [-0.39, 0.29) is 29.7 Å². The smallest absolute Gasteiger partial charge is 0.407 e. The van der Waals surface area contributed by atoms with Crippen LogP contribution in [0.25, 0.3) is 0 Å². The molecule has 160 valence electrons. The number of rotatable bonds is 8. The number of para-hydroxylation sites is 1. The van der Waals surface area contributed by atoms with E-state index in [1.807, 2.05) is 33.8 Å². The van der Waals surface area contributed by atoms with Gasteiger partial charge in [-0.15, -0.1) is 24.0 Å². The van der Waals surface area contributed by atoms with Gasteiger partial charge in [-0.05, 0) is 40.2 Å². The lowest BCUT2D eigenvalue weighted by molar-refractivity contribution is 0.0527. The Labute approximate surface area is 184 Å². The molecule has 0 aliphatic rings. The Bertz CT molecular complexity index is 633. The number of carbonyl (C=O) groups excluding carboxylic acids is 1. The average molecular weight is 508 g/mol. The van der Waals surface area contributed by atoms with Crippen molar-refractivity contribution in [3.8, 4) is 11.5 Å². The van der Waals surface area contributed by atoms with Gasteiger partial charge in [0.25, 0.3) is 0 Å². The summed E-state index contributed by atoms with van der Waals surface area (Å²) >= 11 is 0. The summed E-state index contributed by atoms with van der Waals surface area (Å²) in [7, 11) is 1.51. The average Bonchev–Trinajstić information content (AvgIpc) is 2.58. The van der Waals surface area contributed by atoms with E-state index < -0.39 is 11.7 Å². The number of carbonyl (C=O) groups is 1. The molecule has 1 amide bonds. The molecule has 1 rings (SSSR count). The van der Waals surface area contributed by atoms with Crippen molar-refractivity contribution in [2.24, 2.45) is 4.99 Å². The lowest BCUT2D eigenvalue weighted by Gasteiger charge is -2.19. The Balaban J connectivity index is 0.00000729. The Hall–Kier alpha value is -1.91. The van der Waals surface area contributed by atoms with Crippen LogP contribution in [0, 0.1) is 0 Å². The molecular weight excluding hydrogens is 475 g/mol. The Morgan fingerprint density at radius 2 is 1.86 bits per heavy atom. The first-order chi connectivity index (χ1) is 12.8. The van der Waals surface area contributed by atoms with Crippen LogP contribution in [0.15, 0.2) is 23.2 Å². The Kier molecular flexibility index (Phi) is 12.4. The first kappa shape index (κ1) is 26.1. The van der Waals surface area contributed by atoms with E-state index in [0.717, 1.165) is 0 Å². The van der Waals surface area contributed by atoms with Crippen LogP contribution in [0.2, 0.25) is 0 Å².